The van der Waals surface area contributed by atoms with Gasteiger partial charge in [-0.15, -0.1) is 0 Å². The van der Waals surface area contributed by atoms with E-state index in [4.69, 9.17) is 0 Å². The van der Waals surface area contributed by atoms with E-state index in [0.29, 0.717) is 5.69 Å². The van der Waals surface area contributed by atoms with Gasteiger partial charge in [0.1, 0.15) is 5.69 Å². The van der Waals surface area contributed by atoms with Crippen molar-refractivity contribution in [3.05, 3.63) is 28.2 Å². The van der Waals surface area contributed by atoms with Crippen molar-refractivity contribution >= 4 is 21.6 Å². The van der Waals surface area contributed by atoms with Crippen LogP contribution < -0.4 is 5.73 Å². The fraction of sp³-hybridized carbons (Fsp3) is 0.143. The van der Waals surface area contributed by atoms with Crippen molar-refractivity contribution in [2.24, 2.45) is 0 Å². The quantitative estimate of drug-likeness (QED) is 0.722. The van der Waals surface area contributed by atoms with Crippen LogP contribution in [0.15, 0.2) is 22.7 Å². The van der Waals surface area contributed by atoms with Gasteiger partial charge in [-0.3, -0.25) is 0 Å². The number of halogens is 4. The first-order valence-corrected chi connectivity index (χ1v) is 3.89. The highest BCUT2D eigenvalue weighted by Gasteiger charge is 2.33. The normalized spacial score (nSPS) is 11.8. The van der Waals surface area contributed by atoms with E-state index in [0.717, 1.165) is 6.07 Å². The Bertz CT molecular complexity index is 295. The molecule has 0 aliphatic carbocycles. The number of benzene rings is 1. The fourth-order valence-electron chi connectivity index (χ4n) is 0.790. The summed E-state index contributed by atoms with van der Waals surface area (Å²) >= 11 is 2.82. The van der Waals surface area contributed by atoms with Crippen LogP contribution in [0.25, 0.3) is 0 Å². The van der Waals surface area contributed by atoms with E-state index in [-0.39, 0.29) is 4.47 Å². The Morgan fingerprint density at radius 1 is 1.25 bits per heavy atom. The third-order valence-corrected chi connectivity index (χ3v) is 2.03. The van der Waals surface area contributed by atoms with Crippen LogP contribution in [0.4, 0.5) is 18.9 Å². The lowest BCUT2D eigenvalue weighted by molar-refractivity contribution is -0.255. The summed E-state index contributed by atoms with van der Waals surface area (Å²) in [5.41, 5.74) is 3.08. The van der Waals surface area contributed by atoms with Crippen LogP contribution >= 0.6 is 15.9 Å². The number of quaternary nitrogens is 1. The van der Waals surface area contributed by atoms with E-state index in [1.54, 1.807) is 0 Å². The van der Waals surface area contributed by atoms with Crippen LogP contribution in [0.1, 0.15) is 5.56 Å². The lowest BCUT2D eigenvalue weighted by Crippen LogP contribution is -2.40. The first kappa shape index (κ1) is 9.54. The van der Waals surface area contributed by atoms with Gasteiger partial charge in [0.05, 0.1) is 5.56 Å². The van der Waals surface area contributed by atoms with Crippen molar-refractivity contribution in [3.8, 4) is 0 Å². The molecule has 5 heteroatoms. The zero-order chi connectivity index (χ0) is 9.35. The highest BCUT2D eigenvalue weighted by Crippen LogP contribution is 2.35. The summed E-state index contributed by atoms with van der Waals surface area (Å²) < 4.78 is 36.6. The highest BCUT2D eigenvalue weighted by molar-refractivity contribution is 9.10. The summed E-state index contributed by atoms with van der Waals surface area (Å²) in [6, 6.07) is 3.86. The molecule has 1 nitrogen and oxygen atoms in total. The first-order valence-electron chi connectivity index (χ1n) is 3.10. The van der Waals surface area contributed by atoms with Crippen LogP contribution in [-0.2, 0) is 6.18 Å². The highest BCUT2D eigenvalue weighted by atomic mass is 79.9. The summed E-state index contributed by atoms with van der Waals surface area (Å²) in [4.78, 5) is 0. The maximum absolute atomic E-state index is 12.2. The maximum Gasteiger partial charge on any atom is 0.417 e. The molecule has 0 aromatic heterocycles. The SMILES string of the molecule is [NH3+]c1ccc(Br)c(C(F)(F)F)c1. The van der Waals surface area contributed by atoms with Crippen molar-refractivity contribution in [2.75, 3.05) is 0 Å². The monoisotopic (exact) mass is 240 g/mol. The molecule has 66 valence electrons. The molecule has 1 rings (SSSR count). The van der Waals surface area contributed by atoms with E-state index >= 15 is 0 Å². The Kier molecular flexibility index (Phi) is 2.44. The van der Waals surface area contributed by atoms with Gasteiger partial charge in [0.25, 0.3) is 0 Å². The predicted octanol–water partition coefficient (Wildman–Crippen LogP) is 2.34. The summed E-state index contributed by atoms with van der Waals surface area (Å²) in [5, 5.41) is 0. The average Bonchev–Trinajstić information content (AvgIpc) is 1.92. The van der Waals surface area contributed by atoms with E-state index in [1.165, 1.54) is 12.1 Å². The minimum Gasteiger partial charge on any atom is -0.325 e. The fourth-order valence-corrected chi connectivity index (χ4v) is 1.26. The Morgan fingerprint density at radius 2 is 1.83 bits per heavy atom. The zero-order valence-corrected chi connectivity index (χ0v) is 7.54. The Hall–Kier alpha value is -0.550. The van der Waals surface area contributed by atoms with Gasteiger partial charge < -0.3 is 5.73 Å². The van der Waals surface area contributed by atoms with Gasteiger partial charge in [-0.1, -0.05) is 15.9 Å². The molecule has 0 spiro atoms. The topological polar surface area (TPSA) is 27.6 Å². The van der Waals surface area contributed by atoms with Gasteiger partial charge in [-0.05, 0) is 6.07 Å². The van der Waals surface area contributed by atoms with Crippen molar-refractivity contribution in [1.29, 1.82) is 0 Å². The molecule has 3 N–H and O–H groups in total. The molecule has 1 aromatic rings. The summed E-state index contributed by atoms with van der Waals surface area (Å²) in [6.45, 7) is 0. The minimum atomic E-state index is -4.31. The molecule has 0 aliphatic heterocycles. The Balaban J connectivity index is 3.23. The second kappa shape index (κ2) is 3.06. The molecule has 0 amide bonds. The molecular weight excluding hydrogens is 235 g/mol. The molecule has 0 fully saturated rings. The molecular formula is C7H6BrF3N+. The molecule has 0 aliphatic rings. The second-order valence-corrected chi connectivity index (χ2v) is 3.17. The van der Waals surface area contributed by atoms with Crippen molar-refractivity contribution < 1.29 is 18.9 Å². The molecule has 0 heterocycles. The van der Waals surface area contributed by atoms with Gasteiger partial charge in [0.15, 0.2) is 0 Å². The molecule has 0 radical (unpaired) electrons. The van der Waals surface area contributed by atoms with Gasteiger partial charge in [-0.25, -0.2) is 0 Å². The molecule has 0 saturated heterocycles. The maximum atomic E-state index is 12.2. The number of rotatable bonds is 0. The largest absolute Gasteiger partial charge is 0.417 e. The summed E-state index contributed by atoms with van der Waals surface area (Å²) in [7, 11) is 0. The average molecular weight is 241 g/mol. The third kappa shape index (κ3) is 1.98. The molecule has 12 heavy (non-hydrogen) atoms. The van der Waals surface area contributed by atoms with E-state index in [1.807, 2.05) is 0 Å². The van der Waals surface area contributed by atoms with Gasteiger partial charge in [0.2, 0.25) is 0 Å². The standard InChI is InChI=1S/C7H5BrF3N/c8-6-2-1-4(12)3-5(6)7(9,10)11/h1-3H,12H2/p+1. The van der Waals surface area contributed by atoms with Crippen molar-refractivity contribution in [2.45, 2.75) is 6.18 Å². The van der Waals surface area contributed by atoms with Crippen LogP contribution in [0.5, 0.6) is 0 Å². The Morgan fingerprint density at radius 3 is 2.25 bits per heavy atom. The lowest BCUT2D eigenvalue weighted by atomic mass is 10.2. The predicted molar refractivity (Wildman–Crippen MR) is 41.7 cm³/mol. The van der Waals surface area contributed by atoms with E-state index in [2.05, 4.69) is 21.7 Å². The van der Waals surface area contributed by atoms with Crippen LogP contribution in [0.3, 0.4) is 0 Å². The van der Waals surface area contributed by atoms with Gasteiger partial charge in [0, 0.05) is 16.6 Å². The van der Waals surface area contributed by atoms with E-state index < -0.39 is 11.7 Å². The van der Waals surface area contributed by atoms with Crippen LogP contribution in [0.2, 0.25) is 0 Å². The number of hydrogen-bond acceptors (Lipinski definition) is 0. The summed E-state index contributed by atoms with van der Waals surface area (Å²) in [5.74, 6) is 0. The summed E-state index contributed by atoms with van der Waals surface area (Å²) in [6.07, 6.45) is -4.31. The zero-order valence-electron chi connectivity index (χ0n) is 5.95. The minimum absolute atomic E-state index is 0.0439. The van der Waals surface area contributed by atoms with Crippen LogP contribution in [-0.4, -0.2) is 0 Å². The second-order valence-electron chi connectivity index (χ2n) is 2.31. The third-order valence-electron chi connectivity index (χ3n) is 1.34. The van der Waals surface area contributed by atoms with Gasteiger partial charge >= 0.3 is 6.18 Å². The van der Waals surface area contributed by atoms with E-state index in [9.17, 15) is 13.2 Å². The number of hydrogen-bond donors (Lipinski definition) is 1. The number of alkyl halides is 3. The Labute approximate surface area is 75.5 Å². The van der Waals surface area contributed by atoms with Crippen molar-refractivity contribution in [1.82, 2.24) is 0 Å². The smallest absolute Gasteiger partial charge is 0.325 e. The molecule has 0 saturated carbocycles. The first-order chi connectivity index (χ1) is 5.41. The van der Waals surface area contributed by atoms with Crippen molar-refractivity contribution in [3.63, 3.8) is 0 Å². The molecule has 0 bridgehead atoms. The molecule has 1 aromatic carbocycles. The van der Waals surface area contributed by atoms with Gasteiger partial charge in [-0.2, -0.15) is 13.2 Å². The lowest BCUT2D eigenvalue weighted by Gasteiger charge is -2.07. The molecule has 0 atom stereocenters. The molecule has 0 unspecified atom stereocenters. The van der Waals surface area contributed by atoms with Crippen LogP contribution in [0, 0.1) is 0 Å².